The van der Waals surface area contributed by atoms with Crippen LogP contribution in [0.3, 0.4) is 0 Å². The summed E-state index contributed by atoms with van der Waals surface area (Å²) in [6.45, 7) is 11.1. The van der Waals surface area contributed by atoms with Crippen molar-refractivity contribution < 1.29 is 4.74 Å². The fraction of sp³-hybridized carbons (Fsp3) is 0.533. The number of nitrogens with one attached hydrogen (secondary N) is 2. The Morgan fingerprint density at radius 3 is 2.32 bits per heavy atom. The van der Waals surface area contributed by atoms with Crippen molar-refractivity contribution >= 4 is 17.1 Å². The molecule has 0 aromatic heterocycles. The number of nitrogens with two attached hydrogens (primary N) is 1. The summed E-state index contributed by atoms with van der Waals surface area (Å²) in [6, 6.07) is 5.51. The van der Waals surface area contributed by atoms with Crippen molar-refractivity contribution in [3.05, 3.63) is 23.8 Å². The molecule has 0 amide bonds. The fourth-order valence-electron chi connectivity index (χ4n) is 1.31. The lowest BCUT2D eigenvalue weighted by atomic mass is 10.1. The van der Waals surface area contributed by atoms with Gasteiger partial charge in [-0.25, -0.2) is 0 Å². The van der Waals surface area contributed by atoms with Gasteiger partial charge in [-0.05, 0) is 25.1 Å². The van der Waals surface area contributed by atoms with Crippen LogP contribution in [0.4, 0.5) is 11.4 Å². The van der Waals surface area contributed by atoms with Crippen LogP contribution >= 0.6 is 0 Å². The van der Waals surface area contributed by atoms with E-state index >= 15 is 0 Å². The summed E-state index contributed by atoms with van der Waals surface area (Å²) in [5, 5.41) is 10.8. The standard InChI is InChI=1S/C11H17N3O.2C2H6/c1-8(12)10-7-9(13)3-4-11(10)14-5-6-15-2;2*1-2/h3-4,7,12,14H,5-6,13H2,1-2H3;2*1-2H3. The molecule has 4 nitrogen and oxygen atoms in total. The van der Waals surface area contributed by atoms with Crippen LogP contribution < -0.4 is 11.1 Å². The van der Waals surface area contributed by atoms with Crippen molar-refractivity contribution in [1.29, 1.82) is 5.41 Å². The van der Waals surface area contributed by atoms with Crippen LogP contribution in [0.1, 0.15) is 40.2 Å². The highest BCUT2D eigenvalue weighted by molar-refractivity contribution is 6.02. The van der Waals surface area contributed by atoms with E-state index in [2.05, 4.69) is 5.32 Å². The number of ether oxygens (including phenoxy) is 1. The summed E-state index contributed by atoms with van der Waals surface area (Å²) in [5.74, 6) is 0. The van der Waals surface area contributed by atoms with Gasteiger partial charge in [0.2, 0.25) is 0 Å². The van der Waals surface area contributed by atoms with Gasteiger partial charge in [0.15, 0.2) is 0 Å². The summed E-state index contributed by atoms with van der Waals surface area (Å²) in [4.78, 5) is 0. The van der Waals surface area contributed by atoms with Gasteiger partial charge in [0, 0.05) is 36.3 Å². The third-order valence-corrected chi connectivity index (χ3v) is 2.07. The van der Waals surface area contributed by atoms with Gasteiger partial charge in [-0.1, -0.05) is 27.7 Å². The van der Waals surface area contributed by atoms with Crippen molar-refractivity contribution in [2.24, 2.45) is 0 Å². The average molecular weight is 267 g/mol. The van der Waals surface area contributed by atoms with E-state index in [-0.39, 0.29) is 0 Å². The van der Waals surface area contributed by atoms with Crippen LogP contribution in [-0.2, 0) is 4.74 Å². The number of anilines is 2. The van der Waals surface area contributed by atoms with E-state index in [9.17, 15) is 0 Å². The van der Waals surface area contributed by atoms with E-state index in [4.69, 9.17) is 15.9 Å². The van der Waals surface area contributed by atoms with E-state index in [1.807, 2.05) is 39.8 Å². The Labute approximate surface area is 117 Å². The molecule has 0 heterocycles. The highest BCUT2D eigenvalue weighted by atomic mass is 16.5. The smallest absolute Gasteiger partial charge is 0.0635 e. The molecule has 0 aliphatic rings. The molecule has 0 bridgehead atoms. The van der Waals surface area contributed by atoms with Gasteiger partial charge >= 0.3 is 0 Å². The van der Waals surface area contributed by atoms with Crippen LogP contribution in [-0.4, -0.2) is 26.0 Å². The van der Waals surface area contributed by atoms with Gasteiger partial charge in [0.25, 0.3) is 0 Å². The minimum Gasteiger partial charge on any atom is -0.399 e. The molecule has 4 heteroatoms. The maximum atomic E-state index is 7.63. The molecular formula is C15H29N3O. The molecule has 0 aliphatic heterocycles. The van der Waals surface area contributed by atoms with Crippen molar-refractivity contribution in [2.45, 2.75) is 34.6 Å². The molecule has 19 heavy (non-hydrogen) atoms. The Morgan fingerprint density at radius 1 is 1.26 bits per heavy atom. The third kappa shape index (κ3) is 8.21. The molecule has 0 unspecified atom stereocenters. The Kier molecular flexibility index (Phi) is 13.4. The van der Waals surface area contributed by atoms with Crippen LogP contribution in [0.25, 0.3) is 0 Å². The molecular weight excluding hydrogens is 238 g/mol. The lowest BCUT2D eigenvalue weighted by Crippen LogP contribution is -2.10. The molecule has 0 aliphatic carbocycles. The third-order valence-electron chi connectivity index (χ3n) is 2.07. The largest absolute Gasteiger partial charge is 0.399 e. The molecule has 1 aromatic carbocycles. The quantitative estimate of drug-likeness (QED) is 0.432. The van der Waals surface area contributed by atoms with Crippen LogP contribution in [0, 0.1) is 5.41 Å². The first kappa shape index (κ1) is 19.8. The Morgan fingerprint density at radius 2 is 1.84 bits per heavy atom. The van der Waals surface area contributed by atoms with E-state index in [0.717, 1.165) is 17.8 Å². The monoisotopic (exact) mass is 267 g/mol. The Hall–Kier alpha value is -1.55. The van der Waals surface area contributed by atoms with Gasteiger partial charge < -0.3 is 21.2 Å². The number of rotatable bonds is 5. The van der Waals surface area contributed by atoms with Gasteiger partial charge in [0.1, 0.15) is 0 Å². The number of benzene rings is 1. The average Bonchev–Trinajstić information content (AvgIpc) is 2.45. The minimum atomic E-state index is 0.502. The first-order chi connectivity index (χ1) is 9.15. The fourth-order valence-corrected chi connectivity index (χ4v) is 1.31. The van der Waals surface area contributed by atoms with E-state index < -0.39 is 0 Å². The Bertz CT molecular complexity index is 351. The summed E-state index contributed by atoms with van der Waals surface area (Å²) in [5.41, 5.74) is 8.61. The highest BCUT2D eigenvalue weighted by Gasteiger charge is 2.04. The summed E-state index contributed by atoms with van der Waals surface area (Å²) < 4.78 is 4.95. The first-order valence-electron chi connectivity index (χ1n) is 6.83. The lowest BCUT2D eigenvalue weighted by molar-refractivity contribution is 0.211. The van der Waals surface area contributed by atoms with Crippen molar-refractivity contribution in [3.63, 3.8) is 0 Å². The molecule has 0 fully saturated rings. The maximum absolute atomic E-state index is 7.63. The molecule has 1 rings (SSSR count). The summed E-state index contributed by atoms with van der Waals surface area (Å²) in [7, 11) is 1.66. The van der Waals surface area contributed by atoms with Gasteiger partial charge in [-0.15, -0.1) is 0 Å². The molecule has 0 spiro atoms. The van der Waals surface area contributed by atoms with Crippen LogP contribution in [0.5, 0.6) is 0 Å². The molecule has 1 aromatic rings. The number of methoxy groups -OCH3 is 1. The van der Waals surface area contributed by atoms with Crippen molar-refractivity contribution in [3.8, 4) is 0 Å². The predicted molar refractivity (Wildman–Crippen MR) is 86.4 cm³/mol. The highest BCUT2D eigenvalue weighted by Crippen LogP contribution is 2.19. The minimum absolute atomic E-state index is 0.502. The molecule has 4 N–H and O–H groups in total. The summed E-state index contributed by atoms with van der Waals surface area (Å²) in [6.07, 6.45) is 0. The molecule has 0 saturated carbocycles. The molecule has 0 atom stereocenters. The zero-order valence-corrected chi connectivity index (χ0v) is 13.1. The zero-order valence-electron chi connectivity index (χ0n) is 13.1. The van der Waals surface area contributed by atoms with Crippen LogP contribution in [0.2, 0.25) is 0 Å². The van der Waals surface area contributed by atoms with Crippen molar-refractivity contribution in [2.75, 3.05) is 31.3 Å². The lowest BCUT2D eigenvalue weighted by Gasteiger charge is -2.11. The first-order valence-corrected chi connectivity index (χ1v) is 6.83. The molecule has 0 saturated heterocycles. The molecule has 110 valence electrons. The maximum Gasteiger partial charge on any atom is 0.0635 e. The van der Waals surface area contributed by atoms with E-state index in [0.29, 0.717) is 18.0 Å². The number of nitrogen functional groups attached to an aromatic ring is 1. The van der Waals surface area contributed by atoms with E-state index in [1.165, 1.54) is 0 Å². The van der Waals surface area contributed by atoms with Gasteiger partial charge in [-0.2, -0.15) is 0 Å². The molecule has 0 radical (unpaired) electrons. The second-order valence-corrected chi connectivity index (χ2v) is 3.35. The second kappa shape index (κ2) is 12.9. The van der Waals surface area contributed by atoms with Crippen molar-refractivity contribution in [1.82, 2.24) is 0 Å². The second-order valence-electron chi connectivity index (χ2n) is 3.35. The SMILES string of the molecule is CC.CC.COCCNc1ccc(N)cc1C(C)=N. The normalized spacial score (nSPS) is 8.53. The van der Waals surface area contributed by atoms with Crippen LogP contribution in [0.15, 0.2) is 18.2 Å². The topological polar surface area (TPSA) is 71.1 Å². The zero-order chi connectivity index (χ0) is 15.3. The van der Waals surface area contributed by atoms with Gasteiger partial charge in [0.05, 0.1) is 6.61 Å². The number of hydrogen-bond donors (Lipinski definition) is 3. The predicted octanol–water partition coefficient (Wildman–Crippen LogP) is 3.77. The Balaban J connectivity index is 0. The summed E-state index contributed by atoms with van der Waals surface area (Å²) >= 11 is 0. The van der Waals surface area contributed by atoms with Gasteiger partial charge in [-0.3, -0.25) is 0 Å². The number of hydrogen-bond acceptors (Lipinski definition) is 4. The van der Waals surface area contributed by atoms with E-state index in [1.54, 1.807) is 20.1 Å².